The topological polar surface area (TPSA) is 73.6 Å². The molecule has 0 spiro atoms. The first-order chi connectivity index (χ1) is 19.6. The number of halogens is 2. The molecule has 4 aromatic rings. The number of benzene rings is 3. The van der Waals surface area contributed by atoms with Crippen LogP contribution in [0.3, 0.4) is 0 Å². The number of aliphatic hydroxyl groups excluding tert-OH is 1. The minimum absolute atomic E-state index is 0.0442. The fraction of sp³-hybridized carbons (Fsp3) is 0.312. The lowest BCUT2D eigenvalue weighted by molar-refractivity contribution is 0.0599. The van der Waals surface area contributed by atoms with Crippen LogP contribution in [0.15, 0.2) is 66.0 Å². The Morgan fingerprint density at radius 1 is 1.12 bits per heavy atom. The molecule has 0 saturated heterocycles. The lowest BCUT2D eigenvalue weighted by Gasteiger charge is -2.28. The van der Waals surface area contributed by atoms with Crippen LogP contribution in [0.5, 0.6) is 5.75 Å². The number of aryl methyl sites for hydroxylation is 2. The van der Waals surface area contributed by atoms with E-state index in [1.54, 1.807) is 12.1 Å². The van der Waals surface area contributed by atoms with Crippen molar-refractivity contribution in [1.29, 1.82) is 0 Å². The van der Waals surface area contributed by atoms with Crippen molar-refractivity contribution in [2.45, 2.75) is 49.9 Å². The standard InChI is InChI=1S/C32H34ClFN2O4S/c1-20-8-11-23(16-26(20)33)32(2,3)29-18-35-31(36(29)24-12-13-27(34)28(17-24)39-4)41-19-21-9-10-22(7-6-14-37)25(15-21)30(38)40-5/h8-13,15-18,37H,6-7,14,19H2,1-5H3. The monoisotopic (exact) mass is 596 g/mol. The number of carbonyl (C=O) groups is 1. The third-order valence-electron chi connectivity index (χ3n) is 7.21. The molecule has 9 heteroatoms. The molecule has 41 heavy (non-hydrogen) atoms. The van der Waals surface area contributed by atoms with Crippen LogP contribution < -0.4 is 4.74 Å². The molecule has 0 aliphatic rings. The minimum atomic E-state index is -0.503. The van der Waals surface area contributed by atoms with Crippen LogP contribution in [0.2, 0.25) is 5.02 Å². The summed E-state index contributed by atoms with van der Waals surface area (Å²) in [6.07, 6.45) is 2.97. The lowest BCUT2D eigenvalue weighted by Crippen LogP contribution is -2.23. The van der Waals surface area contributed by atoms with Gasteiger partial charge in [0.15, 0.2) is 16.7 Å². The maximum atomic E-state index is 14.4. The van der Waals surface area contributed by atoms with Crippen molar-refractivity contribution in [3.63, 3.8) is 0 Å². The largest absolute Gasteiger partial charge is 0.494 e. The van der Waals surface area contributed by atoms with Crippen molar-refractivity contribution in [1.82, 2.24) is 9.55 Å². The highest BCUT2D eigenvalue weighted by atomic mass is 35.5. The lowest BCUT2D eigenvalue weighted by atomic mass is 9.81. The maximum absolute atomic E-state index is 14.4. The Morgan fingerprint density at radius 2 is 1.90 bits per heavy atom. The Labute approximate surface area is 249 Å². The number of thioether (sulfide) groups is 1. The van der Waals surface area contributed by atoms with Gasteiger partial charge < -0.3 is 14.6 Å². The van der Waals surface area contributed by atoms with Crippen LogP contribution in [-0.2, 0) is 22.3 Å². The predicted molar refractivity (Wildman–Crippen MR) is 161 cm³/mol. The van der Waals surface area contributed by atoms with E-state index < -0.39 is 17.2 Å². The van der Waals surface area contributed by atoms with Gasteiger partial charge in [0.2, 0.25) is 0 Å². The van der Waals surface area contributed by atoms with Crippen molar-refractivity contribution in [2.24, 2.45) is 0 Å². The van der Waals surface area contributed by atoms with E-state index in [1.807, 2.05) is 48.0 Å². The zero-order valence-electron chi connectivity index (χ0n) is 23.8. The highest BCUT2D eigenvalue weighted by molar-refractivity contribution is 7.98. The fourth-order valence-corrected chi connectivity index (χ4v) is 5.81. The van der Waals surface area contributed by atoms with Crippen LogP contribution in [0, 0.1) is 12.7 Å². The molecule has 1 aromatic heterocycles. The summed E-state index contributed by atoms with van der Waals surface area (Å²) in [5, 5.41) is 10.6. The van der Waals surface area contributed by atoms with Crippen molar-refractivity contribution >= 4 is 29.3 Å². The van der Waals surface area contributed by atoms with Crippen LogP contribution in [0.1, 0.15) is 58.6 Å². The number of ether oxygens (including phenoxy) is 2. The van der Waals surface area contributed by atoms with Gasteiger partial charge in [0.25, 0.3) is 0 Å². The second-order valence-electron chi connectivity index (χ2n) is 10.3. The summed E-state index contributed by atoms with van der Waals surface area (Å²) in [5.41, 5.74) is 5.35. The number of methoxy groups -OCH3 is 2. The van der Waals surface area contributed by atoms with Gasteiger partial charge in [0, 0.05) is 28.9 Å². The van der Waals surface area contributed by atoms with E-state index in [-0.39, 0.29) is 12.4 Å². The summed E-state index contributed by atoms with van der Waals surface area (Å²) in [6, 6.07) is 16.5. The number of esters is 1. The van der Waals surface area contributed by atoms with Crippen LogP contribution in [-0.4, -0.2) is 41.5 Å². The molecule has 0 atom stereocenters. The molecule has 0 amide bonds. The van der Waals surface area contributed by atoms with E-state index in [9.17, 15) is 14.3 Å². The first-order valence-electron chi connectivity index (χ1n) is 13.2. The zero-order valence-corrected chi connectivity index (χ0v) is 25.4. The van der Waals surface area contributed by atoms with E-state index in [2.05, 4.69) is 19.9 Å². The number of hydrogen-bond donors (Lipinski definition) is 1. The average molecular weight is 597 g/mol. The Morgan fingerprint density at radius 3 is 2.59 bits per heavy atom. The van der Waals surface area contributed by atoms with Crippen molar-refractivity contribution in [2.75, 3.05) is 20.8 Å². The normalized spacial score (nSPS) is 11.5. The second kappa shape index (κ2) is 13.1. The summed E-state index contributed by atoms with van der Waals surface area (Å²) in [4.78, 5) is 17.3. The number of carbonyl (C=O) groups excluding carboxylic acids is 1. The molecular weight excluding hydrogens is 563 g/mol. The molecule has 6 nitrogen and oxygen atoms in total. The van der Waals surface area contributed by atoms with Gasteiger partial charge in [0.1, 0.15) is 0 Å². The molecule has 0 saturated carbocycles. The molecule has 216 valence electrons. The molecule has 1 N–H and O–H groups in total. The van der Waals surface area contributed by atoms with Gasteiger partial charge in [0.05, 0.1) is 37.4 Å². The first-order valence-corrected chi connectivity index (χ1v) is 14.6. The Hall–Kier alpha value is -3.33. The predicted octanol–water partition coefficient (Wildman–Crippen LogP) is 7.31. The van der Waals surface area contributed by atoms with Crippen molar-refractivity contribution in [3.05, 3.63) is 105 Å². The molecule has 1 heterocycles. The Balaban J connectivity index is 1.76. The molecule has 0 radical (unpaired) electrons. The smallest absolute Gasteiger partial charge is 0.338 e. The van der Waals surface area contributed by atoms with Gasteiger partial charge in [-0.15, -0.1) is 0 Å². The number of imidazole rings is 1. The van der Waals surface area contributed by atoms with Gasteiger partial charge in [-0.1, -0.05) is 61.5 Å². The van der Waals surface area contributed by atoms with Gasteiger partial charge in [-0.25, -0.2) is 14.2 Å². The highest BCUT2D eigenvalue weighted by Crippen LogP contribution is 2.38. The van der Waals surface area contributed by atoms with Crippen molar-refractivity contribution < 1.29 is 23.8 Å². The summed E-state index contributed by atoms with van der Waals surface area (Å²) >= 11 is 8.00. The first kappa shape index (κ1) is 30.6. The van der Waals surface area contributed by atoms with Gasteiger partial charge in [-0.05, 0) is 66.3 Å². The SMILES string of the molecule is COC(=O)c1cc(CSc2ncc(C(C)(C)c3ccc(C)c(Cl)c3)n2-c2ccc(F)c(OC)c2)ccc1CCCO. The minimum Gasteiger partial charge on any atom is -0.494 e. The van der Waals surface area contributed by atoms with Gasteiger partial charge in [-0.3, -0.25) is 4.57 Å². The summed E-state index contributed by atoms with van der Waals surface area (Å²) in [5.74, 6) is -0.204. The number of hydrogen-bond acceptors (Lipinski definition) is 6. The third kappa shape index (κ3) is 6.61. The van der Waals surface area contributed by atoms with Gasteiger partial charge in [-0.2, -0.15) is 0 Å². The molecular formula is C32H34ClFN2O4S. The van der Waals surface area contributed by atoms with Gasteiger partial charge >= 0.3 is 5.97 Å². The molecule has 0 unspecified atom stereocenters. The Kier molecular flexibility index (Phi) is 9.79. The van der Waals surface area contributed by atoms with Crippen LogP contribution in [0.25, 0.3) is 5.69 Å². The third-order valence-corrected chi connectivity index (χ3v) is 8.64. The number of nitrogens with zero attached hydrogens (tertiary/aromatic N) is 2. The number of aliphatic hydroxyl groups is 1. The van der Waals surface area contributed by atoms with E-state index >= 15 is 0 Å². The summed E-state index contributed by atoms with van der Waals surface area (Å²) < 4.78 is 26.7. The fourth-order valence-electron chi connectivity index (χ4n) is 4.69. The number of rotatable bonds is 11. The highest BCUT2D eigenvalue weighted by Gasteiger charge is 2.30. The molecule has 0 aliphatic heterocycles. The zero-order chi connectivity index (χ0) is 29.7. The molecule has 0 bridgehead atoms. The van der Waals surface area contributed by atoms with Crippen LogP contribution in [0.4, 0.5) is 4.39 Å². The molecule has 4 rings (SSSR count). The Bertz CT molecular complexity index is 1550. The van der Waals surface area contributed by atoms with E-state index in [1.165, 1.54) is 32.0 Å². The quantitative estimate of drug-likeness (QED) is 0.145. The molecule has 3 aromatic carbocycles. The average Bonchev–Trinajstić information content (AvgIpc) is 3.41. The summed E-state index contributed by atoms with van der Waals surface area (Å²) in [6.45, 7) is 6.21. The van der Waals surface area contributed by atoms with E-state index in [0.717, 1.165) is 27.9 Å². The molecule has 0 fully saturated rings. The van der Waals surface area contributed by atoms with Crippen LogP contribution >= 0.6 is 23.4 Å². The van der Waals surface area contributed by atoms with Crippen molar-refractivity contribution in [3.8, 4) is 11.4 Å². The second-order valence-corrected chi connectivity index (χ2v) is 11.6. The van der Waals surface area contributed by atoms with E-state index in [0.29, 0.717) is 40.0 Å². The van der Waals surface area contributed by atoms with E-state index in [4.69, 9.17) is 26.1 Å². The maximum Gasteiger partial charge on any atom is 0.338 e. The number of aromatic nitrogens is 2. The summed E-state index contributed by atoms with van der Waals surface area (Å²) in [7, 11) is 2.80. The molecule has 0 aliphatic carbocycles.